The van der Waals surface area contributed by atoms with E-state index in [9.17, 15) is 4.39 Å². The third kappa shape index (κ3) is 11.5. The van der Waals surface area contributed by atoms with Crippen LogP contribution in [-0.4, -0.2) is 66.2 Å². The van der Waals surface area contributed by atoms with Crippen molar-refractivity contribution in [1.29, 1.82) is 0 Å². The first kappa shape index (κ1) is 30.5. The van der Waals surface area contributed by atoms with E-state index in [1.165, 1.54) is 16.7 Å². The highest BCUT2D eigenvalue weighted by Crippen LogP contribution is 2.14. The van der Waals surface area contributed by atoms with Gasteiger partial charge in [0.1, 0.15) is 12.4 Å². The number of rotatable bonds is 17. The zero-order valence-electron chi connectivity index (χ0n) is 24.5. The Balaban J connectivity index is 1.27. The number of aromatic nitrogens is 2. The van der Waals surface area contributed by atoms with E-state index in [1.807, 2.05) is 48.8 Å². The van der Waals surface area contributed by atoms with Crippen molar-refractivity contribution in [2.75, 3.05) is 46.8 Å². The number of quaternary nitrogens is 1. The molecule has 6 nitrogen and oxygen atoms in total. The molecule has 0 saturated carbocycles. The lowest BCUT2D eigenvalue weighted by Crippen LogP contribution is -2.40. The molecule has 0 aliphatic rings. The van der Waals surface area contributed by atoms with E-state index < -0.39 is 0 Å². The number of hydrogen-bond donors (Lipinski definition) is 2. The van der Waals surface area contributed by atoms with Gasteiger partial charge in [0.15, 0.2) is 0 Å². The number of hydrogen-bond acceptors (Lipinski definition) is 5. The zero-order valence-corrected chi connectivity index (χ0v) is 24.5. The summed E-state index contributed by atoms with van der Waals surface area (Å²) >= 11 is 0. The van der Waals surface area contributed by atoms with Crippen molar-refractivity contribution in [2.45, 2.75) is 32.6 Å². The Hall–Kier alpha value is -3.49. The molecule has 2 heterocycles. The Labute approximate surface area is 244 Å². The van der Waals surface area contributed by atoms with Crippen LogP contribution in [0.3, 0.4) is 0 Å². The summed E-state index contributed by atoms with van der Waals surface area (Å²) in [6, 6.07) is 28.0. The number of likely N-dealkylation sites (N-methyl/N-ethyl adjacent to an activating group) is 1. The Morgan fingerprint density at radius 3 is 1.76 bits per heavy atom. The molecule has 0 amide bonds. The van der Waals surface area contributed by atoms with Crippen LogP contribution in [0.1, 0.15) is 28.1 Å². The average Bonchev–Trinajstić information content (AvgIpc) is 2.99. The molecule has 216 valence electrons. The molecule has 0 aliphatic heterocycles. The monoisotopic (exact) mass is 555 g/mol. The fraction of sp³-hybridized carbons (Fsp3) is 0.353. The summed E-state index contributed by atoms with van der Waals surface area (Å²) in [4.78, 5) is 11.3. The molecule has 0 unspecified atom stereocenters. The predicted octanol–water partition coefficient (Wildman–Crippen LogP) is 4.82. The van der Waals surface area contributed by atoms with Gasteiger partial charge in [-0.3, -0.25) is 14.9 Å². The van der Waals surface area contributed by atoms with Crippen LogP contribution in [0, 0.1) is 5.82 Å². The van der Waals surface area contributed by atoms with E-state index in [-0.39, 0.29) is 5.82 Å². The molecule has 0 atom stereocenters. The Morgan fingerprint density at radius 2 is 1.22 bits per heavy atom. The molecule has 0 saturated heterocycles. The molecular weight excluding hydrogens is 511 g/mol. The molecule has 2 aromatic carbocycles. The van der Waals surface area contributed by atoms with Gasteiger partial charge in [0.05, 0.1) is 32.0 Å². The first-order valence-corrected chi connectivity index (χ1v) is 14.5. The van der Waals surface area contributed by atoms with Gasteiger partial charge < -0.3 is 15.1 Å². The number of benzene rings is 2. The van der Waals surface area contributed by atoms with Gasteiger partial charge in [-0.2, -0.15) is 0 Å². The highest BCUT2D eigenvalue weighted by Gasteiger charge is 2.16. The summed E-state index contributed by atoms with van der Waals surface area (Å²) in [7, 11) is 4.52. The topological polar surface area (TPSA) is 53.1 Å². The van der Waals surface area contributed by atoms with Gasteiger partial charge in [0.25, 0.3) is 0 Å². The maximum atomic E-state index is 13.2. The summed E-state index contributed by atoms with van der Waals surface area (Å²) in [6.07, 6.45) is 4.61. The number of pyridine rings is 2. The molecule has 0 aliphatic carbocycles. The van der Waals surface area contributed by atoms with Crippen molar-refractivity contribution in [3.8, 4) is 0 Å². The molecule has 41 heavy (non-hydrogen) atoms. The normalized spacial score (nSPS) is 11.7. The van der Waals surface area contributed by atoms with Crippen molar-refractivity contribution in [1.82, 2.24) is 25.5 Å². The van der Waals surface area contributed by atoms with E-state index >= 15 is 0 Å². The lowest BCUT2D eigenvalue weighted by atomic mass is 10.1. The maximum Gasteiger partial charge on any atom is 0.123 e. The van der Waals surface area contributed by atoms with Gasteiger partial charge in [0, 0.05) is 70.2 Å². The molecule has 7 heteroatoms. The van der Waals surface area contributed by atoms with E-state index in [2.05, 4.69) is 76.0 Å². The van der Waals surface area contributed by atoms with Gasteiger partial charge in [-0.15, -0.1) is 0 Å². The molecule has 4 rings (SSSR count). The largest absolute Gasteiger partial charge is 0.324 e. The third-order valence-electron chi connectivity index (χ3n) is 7.23. The minimum atomic E-state index is -0.178. The van der Waals surface area contributed by atoms with Gasteiger partial charge in [0.2, 0.25) is 0 Å². The molecule has 0 bridgehead atoms. The SMILES string of the molecule is C[N+](C)(CCc1ccc(F)cc1)Cc1ccc(CN(CCNCc2ccccn2)CCNCc2ccccn2)cc1. The van der Waals surface area contributed by atoms with Gasteiger partial charge in [-0.05, 0) is 47.5 Å². The number of nitrogens with zero attached hydrogens (tertiary/aromatic N) is 4. The second-order valence-electron chi connectivity index (χ2n) is 11.3. The molecule has 2 aromatic heterocycles. The van der Waals surface area contributed by atoms with Gasteiger partial charge in [-0.1, -0.05) is 48.5 Å². The van der Waals surface area contributed by atoms with Crippen LogP contribution in [0.4, 0.5) is 4.39 Å². The Bertz CT molecular complexity index is 1220. The van der Waals surface area contributed by atoms with E-state index in [1.54, 1.807) is 12.1 Å². The lowest BCUT2D eigenvalue weighted by molar-refractivity contribution is -0.903. The molecule has 4 aromatic rings. The highest BCUT2D eigenvalue weighted by atomic mass is 19.1. The summed E-state index contributed by atoms with van der Waals surface area (Å²) in [6.45, 7) is 8.11. The van der Waals surface area contributed by atoms with Crippen molar-refractivity contribution in [3.05, 3.63) is 131 Å². The summed E-state index contributed by atoms with van der Waals surface area (Å²) in [5.74, 6) is -0.178. The predicted molar refractivity (Wildman–Crippen MR) is 164 cm³/mol. The van der Waals surface area contributed by atoms with Crippen LogP contribution in [0.25, 0.3) is 0 Å². The standard InChI is InChI=1S/C34H44FN6/c1-41(2,24-17-29-13-15-32(35)16-14-29)28-31-11-9-30(10-12-31)27-40(22-20-36-25-33-7-3-5-18-38-33)23-21-37-26-34-8-4-6-19-39-34/h3-16,18-19,36-37H,17,20-28H2,1-2H3/q+1. The van der Waals surface area contributed by atoms with Crippen LogP contribution in [0.2, 0.25) is 0 Å². The fourth-order valence-electron chi connectivity index (χ4n) is 4.85. The molecular formula is C34H44FN6+. The molecule has 2 N–H and O–H groups in total. The quantitative estimate of drug-likeness (QED) is 0.145. The summed E-state index contributed by atoms with van der Waals surface area (Å²) in [5.41, 5.74) is 5.95. The summed E-state index contributed by atoms with van der Waals surface area (Å²) in [5, 5.41) is 7.08. The van der Waals surface area contributed by atoms with Crippen molar-refractivity contribution >= 4 is 0 Å². The maximum absolute atomic E-state index is 13.2. The van der Waals surface area contributed by atoms with Crippen LogP contribution in [0.5, 0.6) is 0 Å². The van der Waals surface area contributed by atoms with Crippen LogP contribution in [-0.2, 0) is 32.6 Å². The number of halogens is 1. The molecule has 0 fully saturated rings. The van der Waals surface area contributed by atoms with Crippen LogP contribution >= 0.6 is 0 Å². The Morgan fingerprint density at radius 1 is 0.683 bits per heavy atom. The Kier molecular flexibility index (Phi) is 11.9. The first-order chi connectivity index (χ1) is 19.9. The smallest absolute Gasteiger partial charge is 0.123 e. The van der Waals surface area contributed by atoms with Gasteiger partial charge >= 0.3 is 0 Å². The van der Waals surface area contributed by atoms with Crippen LogP contribution < -0.4 is 10.6 Å². The third-order valence-corrected chi connectivity index (χ3v) is 7.23. The molecule has 0 radical (unpaired) electrons. The minimum Gasteiger partial charge on any atom is -0.324 e. The second-order valence-corrected chi connectivity index (χ2v) is 11.3. The van der Waals surface area contributed by atoms with E-state index in [0.717, 1.165) is 81.2 Å². The highest BCUT2D eigenvalue weighted by molar-refractivity contribution is 5.22. The fourth-order valence-corrected chi connectivity index (χ4v) is 4.85. The summed E-state index contributed by atoms with van der Waals surface area (Å²) < 4.78 is 14.1. The first-order valence-electron chi connectivity index (χ1n) is 14.5. The van der Waals surface area contributed by atoms with E-state index in [4.69, 9.17) is 0 Å². The van der Waals surface area contributed by atoms with Crippen molar-refractivity contribution < 1.29 is 8.87 Å². The van der Waals surface area contributed by atoms with Crippen molar-refractivity contribution in [2.24, 2.45) is 0 Å². The zero-order chi connectivity index (χ0) is 28.8. The van der Waals surface area contributed by atoms with Crippen LogP contribution in [0.15, 0.2) is 97.3 Å². The average molecular weight is 556 g/mol. The van der Waals surface area contributed by atoms with Gasteiger partial charge in [-0.25, -0.2) is 4.39 Å². The minimum absolute atomic E-state index is 0.178. The number of nitrogens with one attached hydrogen (secondary N) is 2. The lowest BCUT2D eigenvalue weighted by Gasteiger charge is -2.30. The van der Waals surface area contributed by atoms with Crippen molar-refractivity contribution in [3.63, 3.8) is 0 Å². The second kappa shape index (κ2) is 16.1. The molecule has 0 spiro atoms. The van der Waals surface area contributed by atoms with E-state index in [0.29, 0.717) is 0 Å².